The van der Waals surface area contributed by atoms with Gasteiger partial charge in [-0.2, -0.15) is 0 Å². The molecule has 8 heteroatoms. The zero-order chi connectivity index (χ0) is 24.1. The van der Waals surface area contributed by atoms with Crippen molar-refractivity contribution < 1.29 is 4.39 Å². The highest BCUT2D eigenvalue weighted by molar-refractivity contribution is 5.79. The summed E-state index contributed by atoms with van der Waals surface area (Å²) in [5, 5.41) is 0. The van der Waals surface area contributed by atoms with Gasteiger partial charge in [0.2, 0.25) is 0 Å². The molecule has 3 fully saturated rings. The van der Waals surface area contributed by atoms with Gasteiger partial charge in [-0.25, -0.2) is 24.2 Å². The first-order chi connectivity index (χ1) is 17.0. The number of hydrogen-bond donors (Lipinski definition) is 0. The number of benzene rings is 1. The van der Waals surface area contributed by atoms with E-state index in [4.69, 9.17) is 11.6 Å². The van der Waals surface area contributed by atoms with E-state index in [1.807, 2.05) is 18.4 Å². The van der Waals surface area contributed by atoms with Gasteiger partial charge in [-0.05, 0) is 63.2 Å². The van der Waals surface area contributed by atoms with Gasteiger partial charge in [0.15, 0.2) is 11.3 Å². The summed E-state index contributed by atoms with van der Waals surface area (Å²) in [6.45, 7) is 15.5. The standard InChI is InChI=1S/C27H26FN7/c1-16-25-27(32-17(2)31-16)35(26(33-25)21-10-22(28)13-30-12-21)14-20-5-4-19(11-24(20)29-3)23-15-34-8-6-18(23)7-9-34/h4-5,10-13,18,23H,6-9,14-15H2,1-2H3. The van der Waals surface area contributed by atoms with Crippen LogP contribution < -0.4 is 0 Å². The molecule has 35 heavy (non-hydrogen) atoms. The zero-order valence-electron chi connectivity index (χ0n) is 19.9. The highest BCUT2D eigenvalue weighted by Gasteiger charge is 2.35. The number of aromatic nitrogens is 5. The zero-order valence-corrected chi connectivity index (χ0v) is 19.9. The van der Waals surface area contributed by atoms with Crippen LogP contribution in [0, 0.1) is 32.2 Å². The van der Waals surface area contributed by atoms with Crippen LogP contribution >= 0.6 is 0 Å². The summed E-state index contributed by atoms with van der Waals surface area (Å²) in [7, 11) is 0. The second-order valence-electron chi connectivity index (χ2n) is 9.69. The molecule has 1 aromatic carbocycles. The molecule has 4 aromatic rings. The molecular formula is C27H26FN7. The van der Waals surface area contributed by atoms with E-state index in [2.05, 4.69) is 42.9 Å². The molecule has 3 aliphatic heterocycles. The van der Waals surface area contributed by atoms with Crippen molar-refractivity contribution in [3.8, 4) is 11.4 Å². The molecule has 0 amide bonds. The summed E-state index contributed by atoms with van der Waals surface area (Å²) in [4.78, 5) is 24.4. The molecule has 3 aromatic heterocycles. The highest BCUT2D eigenvalue weighted by Crippen LogP contribution is 2.40. The lowest BCUT2D eigenvalue weighted by Crippen LogP contribution is -2.46. The first-order valence-corrected chi connectivity index (χ1v) is 12.0. The van der Waals surface area contributed by atoms with Crippen molar-refractivity contribution in [2.75, 3.05) is 19.6 Å². The summed E-state index contributed by atoms with van der Waals surface area (Å²) < 4.78 is 16.0. The van der Waals surface area contributed by atoms with Crippen molar-refractivity contribution in [2.45, 2.75) is 39.2 Å². The molecule has 7 nitrogen and oxygen atoms in total. The van der Waals surface area contributed by atoms with Crippen LogP contribution in [-0.4, -0.2) is 49.0 Å². The number of aryl methyl sites for hydroxylation is 2. The highest BCUT2D eigenvalue weighted by atomic mass is 19.1. The van der Waals surface area contributed by atoms with Crippen molar-refractivity contribution in [2.24, 2.45) is 5.92 Å². The van der Waals surface area contributed by atoms with E-state index in [1.165, 1.54) is 43.8 Å². The Morgan fingerprint density at radius 2 is 1.91 bits per heavy atom. The fraction of sp³-hybridized carbons (Fsp3) is 0.370. The van der Waals surface area contributed by atoms with Crippen LogP contribution in [0.2, 0.25) is 0 Å². The molecule has 3 saturated heterocycles. The van der Waals surface area contributed by atoms with Crippen LogP contribution in [-0.2, 0) is 6.54 Å². The van der Waals surface area contributed by atoms with Gasteiger partial charge in [-0.1, -0.05) is 23.8 Å². The van der Waals surface area contributed by atoms with E-state index in [9.17, 15) is 4.39 Å². The first kappa shape index (κ1) is 21.8. The van der Waals surface area contributed by atoms with Gasteiger partial charge in [0.05, 0.1) is 18.5 Å². The molecule has 6 heterocycles. The molecule has 0 N–H and O–H groups in total. The lowest BCUT2D eigenvalue weighted by molar-refractivity contribution is 0.0871. The SMILES string of the molecule is [C-]#[N+]c1cc(C2CN3CCC2CC3)ccc1Cn1c(-c2cncc(F)c2)nc2c(C)nc(C)nc21. The molecule has 0 spiro atoms. The van der Waals surface area contributed by atoms with Crippen LogP contribution in [0.15, 0.2) is 36.7 Å². The van der Waals surface area contributed by atoms with Crippen LogP contribution in [0.1, 0.15) is 41.4 Å². The molecule has 0 saturated carbocycles. The van der Waals surface area contributed by atoms with Gasteiger partial charge in [0.25, 0.3) is 0 Å². The smallest absolute Gasteiger partial charge is 0.192 e. The van der Waals surface area contributed by atoms with Gasteiger partial charge in [-0.15, -0.1) is 0 Å². The van der Waals surface area contributed by atoms with Crippen LogP contribution in [0.25, 0.3) is 27.4 Å². The molecule has 0 aliphatic carbocycles. The van der Waals surface area contributed by atoms with E-state index in [0.29, 0.717) is 52.4 Å². The average molecular weight is 468 g/mol. The maximum absolute atomic E-state index is 14.0. The second kappa shape index (κ2) is 8.51. The minimum Gasteiger partial charge on any atom is -0.305 e. The fourth-order valence-electron chi connectivity index (χ4n) is 5.74. The predicted molar refractivity (Wildman–Crippen MR) is 132 cm³/mol. The van der Waals surface area contributed by atoms with E-state index in [0.717, 1.165) is 17.8 Å². The Bertz CT molecular complexity index is 1480. The Balaban J connectivity index is 1.44. The Hall–Kier alpha value is -3.70. The molecule has 176 valence electrons. The minimum atomic E-state index is -0.427. The minimum absolute atomic E-state index is 0.399. The molecule has 1 unspecified atom stereocenters. The largest absolute Gasteiger partial charge is 0.305 e. The predicted octanol–water partition coefficient (Wildman–Crippen LogP) is 5.05. The monoisotopic (exact) mass is 467 g/mol. The second-order valence-corrected chi connectivity index (χ2v) is 9.69. The maximum Gasteiger partial charge on any atom is 0.192 e. The number of hydrogen-bond acceptors (Lipinski definition) is 5. The summed E-state index contributed by atoms with van der Waals surface area (Å²) in [5.74, 6) is 1.98. The van der Waals surface area contributed by atoms with Crippen molar-refractivity contribution in [3.63, 3.8) is 0 Å². The number of pyridine rings is 1. The average Bonchev–Trinajstić information content (AvgIpc) is 3.23. The third-order valence-corrected chi connectivity index (χ3v) is 7.49. The lowest BCUT2D eigenvalue weighted by Gasteiger charge is -2.45. The van der Waals surface area contributed by atoms with Crippen LogP contribution in [0.5, 0.6) is 0 Å². The molecular weight excluding hydrogens is 441 g/mol. The number of fused-ring (bicyclic) bond motifs is 4. The third-order valence-electron chi connectivity index (χ3n) is 7.49. The van der Waals surface area contributed by atoms with E-state index >= 15 is 0 Å². The Morgan fingerprint density at radius 3 is 2.63 bits per heavy atom. The van der Waals surface area contributed by atoms with Crippen molar-refractivity contribution in [3.05, 3.63) is 76.5 Å². The van der Waals surface area contributed by atoms with Gasteiger partial charge in [0, 0.05) is 24.8 Å². The van der Waals surface area contributed by atoms with Gasteiger partial charge >= 0.3 is 0 Å². The number of rotatable bonds is 4. The number of halogens is 1. The normalized spacial score (nSPS) is 21.4. The number of piperidine rings is 3. The van der Waals surface area contributed by atoms with E-state index in [1.54, 1.807) is 6.20 Å². The topological polar surface area (TPSA) is 64.1 Å². The van der Waals surface area contributed by atoms with Crippen molar-refractivity contribution >= 4 is 16.9 Å². The summed E-state index contributed by atoms with van der Waals surface area (Å²) in [6, 6.07) is 7.75. The van der Waals surface area contributed by atoms with Crippen molar-refractivity contribution in [1.29, 1.82) is 0 Å². The van der Waals surface area contributed by atoms with Gasteiger partial charge in [0.1, 0.15) is 23.0 Å². The molecule has 0 radical (unpaired) electrons. The Kier molecular flexibility index (Phi) is 5.30. The van der Waals surface area contributed by atoms with E-state index < -0.39 is 5.82 Å². The first-order valence-electron chi connectivity index (χ1n) is 12.0. The quantitative estimate of drug-likeness (QED) is 0.393. The number of imidazole rings is 1. The summed E-state index contributed by atoms with van der Waals surface area (Å²) in [6.07, 6.45) is 5.26. The molecule has 7 rings (SSSR count). The van der Waals surface area contributed by atoms with Gasteiger partial charge in [-0.3, -0.25) is 4.98 Å². The fourth-order valence-corrected chi connectivity index (χ4v) is 5.74. The Morgan fingerprint density at radius 1 is 1.09 bits per heavy atom. The molecule has 2 bridgehead atoms. The van der Waals surface area contributed by atoms with Crippen molar-refractivity contribution in [1.82, 2.24) is 29.4 Å². The number of nitrogens with zero attached hydrogens (tertiary/aromatic N) is 7. The third kappa shape index (κ3) is 3.86. The van der Waals surface area contributed by atoms with E-state index in [-0.39, 0.29) is 0 Å². The maximum atomic E-state index is 14.0. The van der Waals surface area contributed by atoms with Crippen LogP contribution in [0.4, 0.5) is 10.1 Å². The summed E-state index contributed by atoms with van der Waals surface area (Å²) in [5.41, 5.74) is 5.46. The summed E-state index contributed by atoms with van der Waals surface area (Å²) >= 11 is 0. The molecule has 3 aliphatic rings. The lowest BCUT2D eigenvalue weighted by atomic mass is 9.75. The molecule has 1 atom stereocenters. The van der Waals surface area contributed by atoms with Crippen LogP contribution in [0.3, 0.4) is 0 Å². The Labute approximate surface area is 203 Å². The van der Waals surface area contributed by atoms with Gasteiger partial charge < -0.3 is 9.47 Å².